The van der Waals surface area contributed by atoms with Gasteiger partial charge < -0.3 is 4.74 Å². The third kappa shape index (κ3) is 9.55. The van der Waals surface area contributed by atoms with Gasteiger partial charge in [-0.15, -0.1) is 0 Å². The molecule has 0 radical (unpaired) electrons. The normalized spacial score (nSPS) is 26.8. The maximum Gasteiger partial charge on any atom is 0.0603 e. The van der Waals surface area contributed by atoms with E-state index in [4.69, 9.17) is 10.2 Å². The first-order chi connectivity index (χ1) is 11.8. The van der Waals surface area contributed by atoms with Crippen LogP contribution in [0.15, 0.2) is 0 Å². The van der Waals surface area contributed by atoms with Crippen LogP contribution in [-0.2, 0) is 4.74 Å². The summed E-state index contributed by atoms with van der Waals surface area (Å²) >= 11 is 0. The Kier molecular flexibility index (Phi) is 8.69. The van der Waals surface area contributed by atoms with Crippen LogP contribution in [-0.4, -0.2) is 12.7 Å². The third-order valence-corrected chi connectivity index (χ3v) is 4.72. The zero-order valence-corrected chi connectivity index (χ0v) is 14.5. The summed E-state index contributed by atoms with van der Waals surface area (Å²) in [4.78, 5) is 0. The fourth-order valence-corrected chi connectivity index (χ4v) is 3.42. The Labute approximate surface area is 139 Å². The summed E-state index contributed by atoms with van der Waals surface area (Å²) in [5.74, 6) is 0.619. The van der Waals surface area contributed by atoms with Gasteiger partial charge in [0.2, 0.25) is 0 Å². The van der Waals surface area contributed by atoms with E-state index in [9.17, 15) is 0 Å². The van der Waals surface area contributed by atoms with Gasteiger partial charge in [-0.05, 0) is 31.6 Å². The highest BCUT2D eigenvalue weighted by molar-refractivity contribution is 4.75. The molecule has 0 N–H and O–H groups in total. The van der Waals surface area contributed by atoms with E-state index < -0.39 is 12.7 Å². The molecule has 1 aliphatic rings. The lowest BCUT2D eigenvalue weighted by Crippen LogP contribution is -2.29. The molecule has 2 atom stereocenters. The van der Waals surface area contributed by atoms with Crippen molar-refractivity contribution in [1.82, 2.24) is 0 Å². The molecule has 1 rings (SSSR count). The zero-order chi connectivity index (χ0) is 18.8. The van der Waals surface area contributed by atoms with Crippen LogP contribution in [0.2, 0.25) is 0 Å². The third-order valence-electron chi connectivity index (χ3n) is 4.72. The second-order valence-corrected chi connectivity index (χ2v) is 6.54. The zero-order valence-electron chi connectivity index (χ0n) is 18.5. The van der Waals surface area contributed by atoms with E-state index >= 15 is 0 Å². The molecule has 0 aromatic heterocycles. The predicted molar refractivity (Wildman–Crippen MR) is 93.8 cm³/mol. The molecule has 0 aliphatic carbocycles. The Morgan fingerprint density at radius 3 is 2.43 bits per heavy atom. The monoisotopic (exact) mass is 300 g/mol. The number of unbranched alkanes of at least 4 members (excludes halogenated alkanes) is 6. The smallest absolute Gasteiger partial charge is 0.0603 e. The second-order valence-electron chi connectivity index (χ2n) is 6.54. The summed E-state index contributed by atoms with van der Waals surface area (Å²) < 4.78 is 37.0. The summed E-state index contributed by atoms with van der Waals surface area (Å²) in [6.07, 6.45) is 11.6. The fourth-order valence-electron chi connectivity index (χ4n) is 3.42. The van der Waals surface area contributed by atoms with Gasteiger partial charge in [-0.25, -0.2) is 0 Å². The van der Waals surface area contributed by atoms with Crippen molar-refractivity contribution in [2.24, 2.45) is 5.92 Å². The van der Waals surface area contributed by atoms with Crippen LogP contribution < -0.4 is 0 Å². The van der Waals surface area contributed by atoms with Crippen molar-refractivity contribution in [3.8, 4) is 0 Å². The highest BCUT2D eigenvalue weighted by atomic mass is 16.5. The average Bonchev–Trinajstić information content (AvgIpc) is 2.55. The SMILES string of the molecule is [2H]C([2H])(C)C([2H])([2H])CCCC[C@H]1CCCO[C@@H]1CCCCCCCC. The van der Waals surface area contributed by atoms with Crippen molar-refractivity contribution >= 4 is 0 Å². The van der Waals surface area contributed by atoms with Gasteiger partial charge in [-0.3, -0.25) is 0 Å². The molecule has 0 spiro atoms. The summed E-state index contributed by atoms with van der Waals surface area (Å²) in [7, 11) is 0. The number of hydrogen-bond acceptors (Lipinski definition) is 1. The van der Waals surface area contributed by atoms with E-state index in [1.165, 1.54) is 58.3 Å². The molecule has 1 aliphatic heterocycles. The molecule has 1 nitrogen and oxygen atoms in total. The van der Waals surface area contributed by atoms with Crippen molar-refractivity contribution in [1.29, 1.82) is 0 Å². The minimum atomic E-state index is -1.76. The van der Waals surface area contributed by atoms with E-state index in [1.807, 2.05) is 0 Å². The number of ether oxygens (including phenoxy) is 1. The topological polar surface area (TPSA) is 9.23 Å². The molecule has 21 heavy (non-hydrogen) atoms. The summed E-state index contributed by atoms with van der Waals surface area (Å²) in [5, 5.41) is 0. The molecule has 1 saturated heterocycles. The first-order valence-electron chi connectivity index (χ1n) is 11.4. The molecule has 1 heterocycles. The van der Waals surface area contributed by atoms with Crippen molar-refractivity contribution < 1.29 is 10.2 Å². The molecule has 0 aromatic carbocycles. The summed E-state index contributed by atoms with van der Waals surface area (Å²) in [6.45, 7) is 4.49. The van der Waals surface area contributed by atoms with Crippen LogP contribution in [0.3, 0.4) is 0 Å². The van der Waals surface area contributed by atoms with E-state index in [2.05, 4.69) is 6.92 Å². The maximum atomic E-state index is 7.87. The average molecular weight is 301 g/mol. The molecule has 0 amide bonds. The molecular formula is C20H40O. The van der Waals surface area contributed by atoms with E-state index in [0.717, 1.165) is 32.3 Å². The second kappa shape index (κ2) is 13.6. The molecule has 0 saturated carbocycles. The van der Waals surface area contributed by atoms with Gasteiger partial charge >= 0.3 is 0 Å². The van der Waals surface area contributed by atoms with Crippen LogP contribution in [0, 0.1) is 5.92 Å². The molecule has 1 heteroatoms. The van der Waals surface area contributed by atoms with Gasteiger partial charge in [0.25, 0.3) is 0 Å². The van der Waals surface area contributed by atoms with Crippen LogP contribution in [0.5, 0.6) is 0 Å². The van der Waals surface area contributed by atoms with E-state index in [-0.39, 0.29) is 0 Å². The molecular weight excluding hydrogens is 256 g/mol. The van der Waals surface area contributed by atoms with Crippen LogP contribution >= 0.6 is 0 Å². The van der Waals surface area contributed by atoms with Gasteiger partial charge in [0.05, 0.1) is 6.10 Å². The maximum absolute atomic E-state index is 7.87. The minimum absolute atomic E-state index is 0.312. The number of rotatable bonds is 13. The van der Waals surface area contributed by atoms with E-state index in [1.54, 1.807) is 0 Å². The molecule has 0 bridgehead atoms. The van der Waals surface area contributed by atoms with Gasteiger partial charge in [0.1, 0.15) is 0 Å². The predicted octanol–water partition coefficient (Wildman–Crippen LogP) is 6.89. The standard InChI is InChI=1S/C20H40O/c1-3-5-7-9-11-13-17-20-19(16-14-18-21-20)15-12-10-8-6-4-2/h19-20H,3-18H2,1-2H3/t19-,20+/m0/s1/i4D2,6D2. The summed E-state index contributed by atoms with van der Waals surface area (Å²) in [6, 6.07) is 0. The molecule has 1 fully saturated rings. The minimum Gasteiger partial charge on any atom is -0.378 e. The van der Waals surface area contributed by atoms with Gasteiger partial charge in [0, 0.05) is 12.1 Å². The van der Waals surface area contributed by atoms with Crippen molar-refractivity contribution in [2.45, 2.75) is 116 Å². The quantitative estimate of drug-likeness (QED) is 0.336. The van der Waals surface area contributed by atoms with E-state index in [0.29, 0.717) is 18.4 Å². The Morgan fingerprint density at radius 1 is 0.905 bits per heavy atom. The highest BCUT2D eigenvalue weighted by Crippen LogP contribution is 2.29. The molecule has 0 aromatic rings. The Bertz CT molecular complexity index is 341. The van der Waals surface area contributed by atoms with Crippen LogP contribution in [0.4, 0.5) is 0 Å². The van der Waals surface area contributed by atoms with Gasteiger partial charge in [-0.1, -0.05) is 84.4 Å². The van der Waals surface area contributed by atoms with Crippen LogP contribution in [0.1, 0.15) is 116 Å². The summed E-state index contributed by atoms with van der Waals surface area (Å²) in [5.41, 5.74) is 0. The number of hydrogen-bond donors (Lipinski definition) is 0. The largest absolute Gasteiger partial charge is 0.378 e. The van der Waals surface area contributed by atoms with Crippen molar-refractivity contribution in [2.75, 3.05) is 6.61 Å². The Balaban J connectivity index is 2.23. The Morgan fingerprint density at radius 2 is 1.62 bits per heavy atom. The Hall–Kier alpha value is -0.0400. The van der Waals surface area contributed by atoms with Crippen molar-refractivity contribution in [3.05, 3.63) is 0 Å². The lowest BCUT2D eigenvalue weighted by Gasteiger charge is -2.32. The first kappa shape index (κ1) is 13.4. The fraction of sp³-hybridized carbons (Fsp3) is 1.00. The van der Waals surface area contributed by atoms with Gasteiger partial charge in [-0.2, -0.15) is 0 Å². The lowest BCUT2D eigenvalue weighted by atomic mass is 9.86. The molecule has 0 unspecified atom stereocenters. The first-order valence-corrected chi connectivity index (χ1v) is 9.39. The lowest BCUT2D eigenvalue weighted by molar-refractivity contribution is -0.0352. The van der Waals surface area contributed by atoms with Crippen LogP contribution in [0.25, 0.3) is 0 Å². The van der Waals surface area contributed by atoms with Crippen molar-refractivity contribution in [3.63, 3.8) is 0 Å². The highest BCUT2D eigenvalue weighted by Gasteiger charge is 2.24. The molecule has 126 valence electrons. The van der Waals surface area contributed by atoms with Gasteiger partial charge in [0.15, 0.2) is 0 Å².